The fraction of sp³-hybridized carbons (Fsp3) is 0.583. The molecular formula is C12H17N3O3. The molecule has 1 saturated heterocycles. The third kappa shape index (κ3) is 1.87. The first-order valence-corrected chi connectivity index (χ1v) is 6.14. The van der Waals surface area contributed by atoms with Crippen LogP contribution in [0.3, 0.4) is 0 Å². The van der Waals surface area contributed by atoms with E-state index in [0.717, 1.165) is 5.69 Å². The van der Waals surface area contributed by atoms with Gasteiger partial charge in [0.25, 0.3) is 0 Å². The van der Waals surface area contributed by atoms with Gasteiger partial charge in [-0.1, -0.05) is 0 Å². The number of carboxylic acids is 1. The third-order valence-electron chi connectivity index (χ3n) is 3.44. The maximum Gasteiger partial charge on any atom is 0.309 e. The largest absolute Gasteiger partial charge is 0.481 e. The molecule has 18 heavy (non-hydrogen) atoms. The van der Waals surface area contributed by atoms with E-state index >= 15 is 0 Å². The van der Waals surface area contributed by atoms with Gasteiger partial charge in [-0.25, -0.2) is 0 Å². The van der Waals surface area contributed by atoms with Crippen molar-refractivity contribution in [1.29, 1.82) is 0 Å². The number of carbonyl (C=O) groups is 2. The maximum atomic E-state index is 11.9. The molecule has 1 aliphatic rings. The Morgan fingerprint density at radius 3 is 2.78 bits per heavy atom. The molecule has 1 amide bonds. The number of carboxylic acid groups (broad SMARTS) is 1. The molecule has 2 rings (SSSR count). The minimum Gasteiger partial charge on any atom is -0.481 e. The zero-order valence-electron chi connectivity index (χ0n) is 10.5. The number of likely N-dealkylation sites (tertiary alicyclic amines) is 1. The number of hydrogen-bond donors (Lipinski definition) is 1. The zero-order valence-corrected chi connectivity index (χ0v) is 10.5. The van der Waals surface area contributed by atoms with Crippen molar-refractivity contribution in [2.45, 2.75) is 32.9 Å². The fourth-order valence-electron chi connectivity index (χ4n) is 2.61. The number of amides is 1. The molecule has 1 fully saturated rings. The molecule has 1 aromatic rings. The highest BCUT2D eigenvalue weighted by Crippen LogP contribution is 2.37. The fourth-order valence-corrected chi connectivity index (χ4v) is 2.61. The SMILES string of the molecule is CCN1C(=O)CC(C(=O)O)C1c1ccnn1CC. The Morgan fingerprint density at radius 2 is 2.22 bits per heavy atom. The highest BCUT2D eigenvalue weighted by atomic mass is 16.4. The summed E-state index contributed by atoms with van der Waals surface area (Å²) in [7, 11) is 0. The van der Waals surface area contributed by atoms with E-state index in [4.69, 9.17) is 0 Å². The van der Waals surface area contributed by atoms with Crippen molar-refractivity contribution in [2.75, 3.05) is 6.54 Å². The molecule has 1 aromatic heterocycles. The third-order valence-corrected chi connectivity index (χ3v) is 3.44. The normalized spacial score (nSPS) is 23.7. The van der Waals surface area contributed by atoms with Crippen LogP contribution in [0, 0.1) is 5.92 Å². The van der Waals surface area contributed by atoms with E-state index in [0.29, 0.717) is 13.1 Å². The van der Waals surface area contributed by atoms with Gasteiger partial charge in [0.15, 0.2) is 0 Å². The molecule has 0 saturated carbocycles. The Hall–Kier alpha value is -1.85. The van der Waals surface area contributed by atoms with E-state index in [9.17, 15) is 14.7 Å². The van der Waals surface area contributed by atoms with Crippen LogP contribution in [0.5, 0.6) is 0 Å². The van der Waals surface area contributed by atoms with E-state index < -0.39 is 17.9 Å². The molecule has 2 atom stereocenters. The lowest BCUT2D eigenvalue weighted by Crippen LogP contribution is -2.32. The molecule has 1 aliphatic heterocycles. The average molecular weight is 251 g/mol. The van der Waals surface area contributed by atoms with Crippen LogP contribution < -0.4 is 0 Å². The smallest absolute Gasteiger partial charge is 0.309 e. The van der Waals surface area contributed by atoms with Crippen LogP contribution in [0.15, 0.2) is 12.3 Å². The van der Waals surface area contributed by atoms with Crippen LogP contribution in [0.2, 0.25) is 0 Å². The first-order valence-electron chi connectivity index (χ1n) is 6.14. The van der Waals surface area contributed by atoms with Crippen LogP contribution in [0.4, 0.5) is 0 Å². The van der Waals surface area contributed by atoms with Gasteiger partial charge in [0, 0.05) is 25.7 Å². The van der Waals surface area contributed by atoms with Crippen LogP contribution in [-0.2, 0) is 16.1 Å². The standard InChI is InChI=1S/C12H17N3O3/c1-3-14-10(16)7-8(12(17)18)11(14)9-5-6-13-15(9)4-2/h5-6,8,11H,3-4,7H2,1-2H3,(H,17,18). The molecule has 0 bridgehead atoms. The molecule has 6 nitrogen and oxygen atoms in total. The molecule has 98 valence electrons. The molecule has 0 radical (unpaired) electrons. The first-order chi connectivity index (χ1) is 8.60. The van der Waals surface area contributed by atoms with Gasteiger partial charge in [-0.05, 0) is 19.9 Å². The minimum atomic E-state index is -0.923. The van der Waals surface area contributed by atoms with E-state index in [1.54, 1.807) is 21.8 Å². The van der Waals surface area contributed by atoms with Gasteiger partial charge < -0.3 is 10.0 Å². The quantitative estimate of drug-likeness (QED) is 0.862. The molecule has 2 unspecified atom stereocenters. The van der Waals surface area contributed by atoms with Crippen molar-refractivity contribution >= 4 is 11.9 Å². The number of aliphatic carboxylic acids is 1. The van der Waals surface area contributed by atoms with Crippen LogP contribution in [0.25, 0.3) is 0 Å². The Kier molecular flexibility index (Phi) is 3.36. The van der Waals surface area contributed by atoms with Gasteiger partial charge in [0.1, 0.15) is 0 Å². The van der Waals surface area contributed by atoms with E-state index in [1.807, 2.05) is 13.8 Å². The lowest BCUT2D eigenvalue weighted by Gasteiger charge is -2.26. The van der Waals surface area contributed by atoms with Crippen LogP contribution in [-0.4, -0.2) is 38.2 Å². The van der Waals surface area contributed by atoms with Crippen molar-refractivity contribution < 1.29 is 14.7 Å². The number of aromatic nitrogens is 2. The highest BCUT2D eigenvalue weighted by molar-refractivity contribution is 5.87. The summed E-state index contributed by atoms with van der Waals surface area (Å²) in [5.41, 5.74) is 0.803. The summed E-state index contributed by atoms with van der Waals surface area (Å²) in [5, 5.41) is 13.4. The summed E-state index contributed by atoms with van der Waals surface area (Å²) >= 11 is 0. The summed E-state index contributed by atoms with van der Waals surface area (Å²) in [6, 6.07) is 1.40. The lowest BCUT2D eigenvalue weighted by molar-refractivity contribution is -0.142. The Balaban J connectivity index is 2.42. The van der Waals surface area contributed by atoms with Gasteiger partial charge in [0.2, 0.25) is 5.91 Å². The molecule has 0 aromatic carbocycles. The summed E-state index contributed by atoms with van der Waals surface area (Å²) in [5.74, 6) is -1.70. The van der Waals surface area contributed by atoms with Gasteiger partial charge in [-0.2, -0.15) is 5.10 Å². The maximum absolute atomic E-state index is 11.9. The topological polar surface area (TPSA) is 75.4 Å². The highest BCUT2D eigenvalue weighted by Gasteiger charge is 2.45. The monoisotopic (exact) mass is 251 g/mol. The Bertz CT molecular complexity index is 469. The molecule has 2 heterocycles. The number of carbonyl (C=O) groups excluding carboxylic acids is 1. The van der Waals surface area contributed by atoms with Crippen molar-refractivity contribution in [3.8, 4) is 0 Å². The number of rotatable bonds is 4. The van der Waals surface area contributed by atoms with E-state index in [2.05, 4.69) is 5.10 Å². The summed E-state index contributed by atoms with van der Waals surface area (Å²) in [4.78, 5) is 24.8. The molecule has 0 spiro atoms. The number of nitrogens with zero attached hydrogens (tertiary/aromatic N) is 3. The van der Waals surface area contributed by atoms with Gasteiger partial charge in [0.05, 0.1) is 17.7 Å². The van der Waals surface area contributed by atoms with Gasteiger partial charge in [-0.3, -0.25) is 14.3 Å². The average Bonchev–Trinajstić information content (AvgIpc) is 2.91. The predicted molar refractivity (Wildman–Crippen MR) is 63.8 cm³/mol. The van der Waals surface area contributed by atoms with E-state index in [-0.39, 0.29) is 12.3 Å². The second kappa shape index (κ2) is 4.80. The van der Waals surface area contributed by atoms with E-state index in [1.165, 1.54) is 0 Å². The Labute approximate surface area is 105 Å². The van der Waals surface area contributed by atoms with Gasteiger partial charge in [-0.15, -0.1) is 0 Å². The second-order valence-electron chi connectivity index (χ2n) is 4.35. The van der Waals surface area contributed by atoms with Crippen molar-refractivity contribution in [1.82, 2.24) is 14.7 Å². The minimum absolute atomic E-state index is 0.0722. The molecule has 6 heteroatoms. The second-order valence-corrected chi connectivity index (χ2v) is 4.35. The summed E-state index contributed by atoms with van der Waals surface area (Å²) < 4.78 is 1.75. The van der Waals surface area contributed by atoms with Crippen molar-refractivity contribution in [3.63, 3.8) is 0 Å². The van der Waals surface area contributed by atoms with Crippen LogP contribution >= 0.6 is 0 Å². The summed E-state index contributed by atoms with van der Waals surface area (Å²) in [6.07, 6.45) is 1.72. The molecular weight excluding hydrogens is 234 g/mol. The Morgan fingerprint density at radius 1 is 1.50 bits per heavy atom. The zero-order chi connectivity index (χ0) is 13.3. The lowest BCUT2D eigenvalue weighted by atomic mass is 9.97. The van der Waals surface area contributed by atoms with Crippen LogP contribution in [0.1, 0.15) is 32.0 Å². The van der Waals surface area contributed by atoms with Crippen molar-refractivity contribution in [2.24, 2.45) is 5.92 Å². The predicted octanol–water partition coefficient (Wildman–Crippen LogP) is 0.897. The molecule has 0 aliphatic carbocycles. The van der Waals surface area contributed by atoms with Gasteiger partial charge >= 0.3 is 5.97 Å². The number of aryl methyl sites for hydroxylation is 1. The first kappa shape index (κ1) is 12.6. The molecule has 1 N–H and O–H groups in total. The summed E-state index contributed by atoms with van der Waals surface area (Å²) in [6.45, 7) is 4.99. The number of hydrogen-bond acceptors (Lipinski definition) is 3. The van der Waals surface area contributed by atoms with Crippen molar-refractivity contribution in [3.05, 3.63) is 18.0 Å².